The van der Waals surface area contributed by atoms with Gasteiger partial charge in [0.15, 0.2) is 24.0 Å². The SMILES string of the molecule is Nc1nc(=O)n(C2OC(CO)/C(=C/F)C2F)cc1F. The van der Waals surface area contributed by atoms with Crippen LogP contribution in [-0.2, 0) is 4.74 Å². The Morgan fingerprint density at radius 2 is 2.32 bits per heavy atom. The number of aliphatic hydroxyl groups is 1. The molecule has 0 saturated carbocycles. The second kappa shape index (κ2) is 5.02. The standard InChI is InChI=1S/C10H10F3N3O3/c11-1-4-6(3-17)19-9(7(4)13)16-2-5(12)8(14)15-10(16)18/h1-2,6-7,9,17H,3H2,(H2,14,15,18)/b4-1-. The van der Waals surface area contributed by atoms with Crippen LogP contribution in [0.2, 0.25) is 0 Å². The molecular weight excluding hydrogens is 267 g/mol. The minimum absolute atomic E-state index is 0.0440. The van der Waals surface area contributed by atoms with Crippen LogP contribution >= 0.6 is 0 Å². The Morgan fingerprint density at radius 1 is 1.63 bits per heavy atom. The van der Waals surface area contributed by atoms with E-state index < -0.39 is 48.0 Å². The molecular formula is C10H10F3N3O3. The quantitative estimate of drug-likeness (QED) is 0.797. The van der Waals surface area contributed by atoms with Crippen LogP contribution in [0.3, 0.4) is 0 Å². The number of aliphatic hydroxyl groups excluding tert-OH is 1. The summed E-state index contributed by atoms with van der Waals surface area (Å²) in [5, 5.41) is 8.92. The Hall–Kier alpha value is -1.87. The lowest BCUT2D eigenvalue weighted by Gasteiger charge is -2.15. The summed E-state index contributed by atoms with van der Waals surface area (Å²) >= 11 is 0. The van der Waals surface area contributed by atoms with Crippen LogP contribution in [0.1, 0.15) is 6.23 Å². The average molecular weight is 277 g/mol. The second-order valence-corrected chi connectivity index (χ2v) is 3.87. The smallest absolute Gasteiger partial charge is 0.351 e. The zero-order valence-electron chi connectivity index (χ0n) is 9.46. The van der Waals surface area contributed by atoms with E-state index in [-0.39, 0.29) is 6.33 Å². The fourth-order valence-electron chi connectivity index (χ4n) is 1.78. The highest BCUT2D eigenvalue weighted by atomic mass is 19.1. The summed E-state index contributed by atoms with van der Waals surface area (Å²) in [6.07, 6.45) is -4.30. The van der Waals surface area contributed by atoms with Gasteiger partial charge in [0.25, 0.3) is 0 Å². The molecule has 3 unspecified atom stereocenters. The van der Waals surface area contributed by atoms with Crippen molar-refractivity contribution in [2.45, 2.75) is 18.5 Å². The molecule has 2 rings (SSSR count). The van der Waals surface area contributed by atoms with Crippen LogP contribution in [0.5, 0.6) is 0 Å². The van der Waals surface area contributed by atoms with Crippen molar-refractivity contribution in [2.24, 2.45) is 0 Å². The van der Waals surface area contributed by atoms with E-state index >= 15 is 0 Å². The lowest BCUT2D eigenvalue weighted by Crippen LogP contribution is -2.31. The largest absolute Gasteiger partial charge is 0.393 e. The number of nitrogen functional groups attached to an aromatic ring is 1. The van der Waals surface area contributed by atoms with Gasteiger partial charge in [-0.3, -0.25) is 4.57 Å². The van der Waals surface area contributed by atoms with E-state index in [0.717, 1.165) is 0 Å². The molecule has 6 nitrogen and oxygen atoms in total. The third-order valence-electron chi connectivity index (χ3n) is 2.74. The first-order chi connectivity index (χ1) is 8.99. The molecule has 0 aliphatic carbocycles. The molecule has 1 saturated heterocycles. The molecule has 9 heteroatoms. The number of rotatable bonds is 2. The summed E-state index contributed by atoms with van der Waals surface area (Å²) < 4.78 is 45.2. The van der Waals surface area contributed by atoms with Crippen molar-refractivity contribution in [3.63, 3.8) is 0 Å². The zero-order valence-corrected chi connectivity index (χ0v) is 9.46. The van der Waals surface area contributed by atoms with Gasteiger partial charge in [0.05, 0.1) is 19.1 Å². The molecule has 1 aliphatic heterocycles. The molecule has 1 fully saturated rings. The first-order valence-corrected chi connectivity index (χ1v) is 5.24. The lowest BCUT2D eigenvalue weighted by atomic mass is 10.1. The fourth-order valence-corrected chi connectivity index (χ4v) is 1.78. The molecule has 0 spiro atoms. The van der Waals surface area contributed by atoms with E-state index in [1.807, 2.05) is 0 Å². The van der Waals surface area contributed by atoms with Crippen molar-refractivity contribution in [3.8, 4) is 0 Å². The Balaban J connectivity index is 2.44. The molecule has 1 aromatic heterocycles. The minimum Gasteiger partial charge on any atom is -0.393 e. The Kier molecular flexibility index (Phi) is 3.58. The molecule has 0 aromatic carbocycles. The predicted molar refractivity (Wildman–Crippen MR) is 58.0 cm³/mol. The van der Waals surface area contributed by atoms with Gasteiger partial charge in [-0.1, -0.05) is 0 Å². The Bertz CT molecular complexity index is 575. The van der Waals surface area contributed by atoms with Crippen LogP contribution < -0.4 is 11.4 Å². The fraction of sp³-hybridized carbons (Fsp3) is 0.400. The number of halogens is 3. The monoisotopic (exact) mass is 277 g/mol. The predicted octanol–water partition coefficient (Wildman–Crippen LogP) is 0.0458. The maximum Gasteiger partial charge on any atom is 0.351 e. The first-order valence-electron chi connectivity index (χ1n) is 5.24. The van der Waals surface area contributed by atoms with Crippen LogP contribution in [-0.4, -0.2) is 33.5 Å². The number of hydrogen-bond donors (Lipinski definition) is 2. The number of hydrogen-bond acceptors (Lipinski definition) is 5. The maximum absolute atomic E-state index is 13.9. The van der Waals surface area contributed by atoms with Crippen molar-refractivity contribution >= 4 is 5.82 Å². The molecule has 104 valence electrons. The molecule has 0 amide bonds. The van der Waals surface area contributed by atoms with Crippen molar-refractivity contribution in [1.29, 1.82) is 0 Å². The van der Waals surface area contributed by atoms with Crippen LogP contribution in [0.4, 0.5) is 19.0 Å². The third-order valence-corrected chi connectivity index (χ3v) is 2.74. The normalized spacial score (nSPS) is 29.1. The Labute approximate surface area is 104 Å². The number of anilines is 1. The van der Waals surface area contributed by atoms with E-state index in [1.165, 1.54) is 0 Å². The summed E-state index contributed by atoms with van der Waals surface area (Å²) in [7, 11) is 0. The molecule has 3 N–H and O–H groups in total. The summed E-state index contributed by atoms with van der Waals surface area (Å²) in [6.45, 7) is -0.674. The van der Waals surface area contributed by atoms with E-state index in [1.54, 1.807) is 0 Å². The van der Waals surface area contributed by atoms with E-state index in [4.69, 9.17) is 15.6 Å². The third kappa shape index (κ3) is 2.22. The van der Waals surface area contributed by atoms with Gasteiger partial charge in [-0.2, -0.15) is 4.98 Å². The maximum atomic E-state index is 13.9. The zero-order chi connectivity index (χ0) is 14.2. The van der Waals surface area contributed by atoms with Crippen molar-refractivity contribution in [1.82, 2.24) is 9.55 Å². The van der Waals surface area contributed by atoms with Gasteiger partial charge >= 0.3 is 5.69 Å². The highest BCUT2D eigenvalue weighted by Crippen LogP contribution is 2.35. The van der Waals surface area contributed by atoms with Gasteiger partial charge in [-0.15, -0.1) is 0 Å². The second-order valence-electron chi connectivity index (χ2n) is 3.87. The highest BCUT2D eigenvalue weighted by Gasteiger charge is 2.42. The average Bonchev–Trinajstić information content (AvgIpc) is 2.70. The van der Waals surface area contributed by atoms with E-state index in [9.17, 15) is 18.0 Å². The number of ether oxygens (including phenoxy) is 1. The summed E-state index contributed by atoms with van der Waals surface area (Å²) in [5.41, 5.74) is 3.58. The summed E-state index contributed by atoms with van der Waals surface area (Å²) in [4.78, 5) is 14.6. The first kappa shape index (κ1) is 13.6. The molecule has 2 heterocycles. The van der Waals surface area contributed by atoms with Gasteiger partial charge in [-0.25, -0.2) is 18.0 Å². The molecule has 0 radical (unpaired) electrons. The van der Waals surface area contributed by atoms with E-state index in [0.29, 0.717) is 10.8 Å². The Morgan fingerprint density at radius 3 is 2.84 bits per heavy atom. The highest BCUT2D eigenvalue weighted by molar-refractivity contribution is 5.27. The molecule has 1 aliphatic rings. The van der Waals surface area contributed by atoms with Gasteiger partial charge in [0.2, 0.25) is 0 Å². The molecule has 19 heavy (non-hydrogen) atoms. The van der Waals surface area contributed by atoms with Gasteiger partial charge in [-0.05, 0) is 0 Å². The van der Waals surface area contributed by atoms with Crippen molar-refractivity contribution < 1.29 is 23.0 Å². The molecule has 0 bridgehead atoms. The van der Waals surface area contributed by atoms with Gasteiger partial charge < -0.3 is 15.6 Å². The van der Waals surface area contributed by atoms with Crippen molar-refractivity contribution in [2.75, 3.05) is 12.3 Å². The van der Waals surface area contributed by atoms with Gasteiger partial charge in [0.1, 0.15) is 6.10 Å². The number of aromatic nitrogens is 2. The number of alkyl halides is 1. The summed E-state index contributed by atoms with van der Waals surface area (Å²) in [5.74, 6) is -1.66. The molecule has 1 aromatic rings. The molecule has 3 atom stereocenters. The minimum atomic E-state index is -2.04. The van der Waals surface area contributed by atoms with Crippen LogP contribution in [0.15, 0.2) is 22.9 Å². The lowest BCUT2D eigenvalue weighted by molar-refractivity contribution is -0.0379. The number of nitrogens with two attached hydrogens (primary N) is 1. The summed E-state index contributed by atoms with van der Waals surface area (Å²) in [6, 6.07) is 0. The topological polar surface area (TPSA) is 90.4 Å². The van der Waals surface area contributed by atoms with Crippen LogP contribution in [0.25, 0.3) is 0 Å². The van der Waals surface area contributed by atoms with E-state index in [2.05, 4.69) is 4.98 Å². The van der Waals surface area contributed by atoms with Crippen LogP contribution in [0, 0.1) is 5.82 Å². The van der Waals surface area contributed by atoms with Gasteiger partial charge in [0, 0.05) is 5.57 Å². The number of nitrogens with zero attached hydrogens (tertiary/aromatic N) is 2. The van der Waals surface area contributed by atoms with Crippen molar-refractivity contribution in [3.05, 3.63) is 34.4 Å².